The molecule has 2 fully saturated rings. The Balaban J connectivity index is 2.02. The molecule has 100 valence electrons. The molecule has 3 nitrogen and oxygen atoms in total. The Labute approximate surface area is 107 Å². The summed E-state index contributed by atoms with van der Waals surface area (Å²) in [5, 5.41) is 0.510. The van der Waals surface area contributed by atoms with Crippen molar-refractivity contribution in [1.82, 2.24) is 0 Å². The van der Waals surface area contributed by atoms with E-state index in [0.29, 0.717) is 5.25 Å². The van der Waals surface area contributed by atoms with E-state index >= 15 is 0 Å². The van der Waals surface area contributed by atoms with Gasteiger partial charge in [-0.3, -0.25) is 4.21 Å². The Morgan fingerprint density at radius 3 is 2.53 bits per heavy atom. The highest BCUT2D eigenvalue weighted by atomic mass is 32.2. The fourth-order valence-electron chi connectivity index (χ4n) is 3.02. The number of hydrogen-bond donors (Lipinski definition) is 1. The van der Waals surface area contributed by atoms with Crippen molar-refractivity contribution in [2.24, 2.45) is 11.1 Å². The Hall–Kier alpha value is 0.0700. The minimum atomic E-state index is -0.775. The van der Waals surface area contributed by atoms with Gasteiger partial charge in [0.2, 0.25) is 0 Å². The van der Waals surface area contributed by atoms with Crippen LogP contribution in [0.15, 0.2) is 0 Å². The molecule has 3 unspecified atom stereocenters. The minimum Gasteiger partial charge on any atom is -0.381 e. The van der Waals surface area contributed by atoms with E-state index in [0.717, 1.165) is 38.9 Å². The Kier molecular flexibility index (Phi) is 4.26. The van der Waals surface area contributed by atoms with Crippen molar-refractivity contribution in [3.63, 3.8) is 0 Å². The molecule has 1 heterocycles. The lowest BCUT2D eigenvalue weighted by molar-refractivity contribution is 0.0986. The first-order valence-electron chi connectivity index (χ1n) is 6.75. The summed E-state index contributed by atoms with van der Waals surface area (Å²) in [6, 6.07) is 0.0833. The van der Waals surface area contributed by atoms with Crippen LogP contribution in [0.2, 0.25) is 0 Å². The molecule has 2 rings (SSSR count). The number of hydrogen-bond acceptors (Lipinski definition) is 3. The van der Waals surface area contributed by atoms with Crippen LogP contribution >= 0.6 is 0 Å². The zero-order valence-corrected chi connectivity index (χ0v) is 11.8. The molecule has 0 radical (unpaired) electrons. The van der Waals surface area contributed by atoms with Crippen LogP contribution < -0.4 is 5.73 Å². The van der Waals surface area contributed by atoms with E-state index in [2.05, 4.69) is 13.8 Å². The Morgan fingerprint density at radius 2 is 1.88 bits per heavy atom. The maximum absolute atomic E-state index is 12.6. The van der Waals surface area contributed by atoms with Crippen molar-refractivity contribution < 1.29 is 8.95 Å². The highest BCUT2D eigenvalue weighted by molar-refractivity contribution is 7.86. The van der Waals surface area contributed by atoms with Crippen LogP contribution in [0.25, 0.3) is 0 Å². The van der Waals surface area contributed by atoms with E-state index < -0.39 is 10.8 Å². The van der Waals surface area contributed by atoms with Crippen LogP contribution in [0.3, 0.4) is 0 Å². The van der Waals surface area contributed by atoms with Gasteiger partial charge < -0.3 is 10.5 Å². The van der Waals surface area contributed by atoms with Crippen molar-refractivity contribution in [1.29, 1.82) is 0 Å². The van der Waals surface area contributed by atoms with Crippen molar-refractivity contribution in [2.75, 3.05) is 13.2 Å². The third kappa shape index (κ3) is 2.91. The van der Waals surface area contributed by atoms with Gasteiger partial charge in [-0.15, -0.1) is 0 Å². The molecule has 0 amide bonds. The topological polar surface area (TPSA) is 52.3 Å². The van der Waals surface area contributed by atoms with Crippen molar-refractivity contribution in [3.8, 4) is 0 Å². The summed E-state index contributed by atoms with van der Waals surface area (Å²) < 4.78 is 18.0. The highest BCUT2D eigenvalue weighted by Crippen LogP contribution is 2.37. The van der Waals surface area contributed by atoms with Gasteiger partial charge in [0, 0.05) is 35.3 Å². The SMILES string of the molecule is CC1(C)CCCC(S(=O)C2CCOCC2)C1N. The summed E-state index contributed by atoms with van der Waals surface area (Å²) in [5.74, 6) is 0. The number of rotatable bonds is 2. The van der Waals surface area contributed by atoms with Gasteiger partial charge in [-0.25, -0.2) is 0 Å². The summed E-state index contributed by atoms with van der Waals surface area (Å²) in [5.41, 5.74) is 6.48. The summed E-state index contributed by atoms with van der Waals surface area (Å²) in [4.78, 5) is 0. The zero-order chi connectivity index (χ0) is 12.5. The number of nitrogens with two attached hydrogens (primary N) is 1. The van der Waals surface area contributed by atoms with Crippen LogP contribution in [0.1, 0.15) is 46.0 Å². The van der Waals surface area contributed by atoms with E-state index in [-0.39, 0.29) is 16.7 Å². The van der Waals surface area contributed by atoms with E-state index in [1.807, 2.05) is 0 Å². The molecule has 1 saturated heterocycles. The van der Waals surface area contributed by atoms with Crippen LogP contribution in [0, 0.1) is 5.41 Å². The molecule has 0 aromatic heterocycles. The van der Waals surface area contributed by atoms with E-state index in [1.165, 1.54) is 6.42 Å². The van der Waals surface area contributed by atoms with E-state index in [9.17, 15) is 4.21 Å². The highest BCUT2D eigenvalue weighted by Gasteiger charge is 2.41. The van der Waals surface area contributed by atoms with Gasteiger partial charge in [0.1, 0.15) is 0 Å². The van der Waals surface area contributed by atoms with Crippen molar-refractivity contribution in [2.45, 2.75) is 62.5 Å². The van der Waals surface area contributed by atoms with E-state index in [1.54, 1.807) is 0 Å². The van der Waals surface area contributed by atoms with Gasteiger partial charge in [-0.05, 0) is 31.1 Å². The lowest BCUT2D eigenvalue weighted by Crippen LogP contribution is -2.53. The largest absolute Gasteiger partial charge is 0.381 e. The molecule has 0 bridgehead atoms. The van der Waals surface area contributed by atoms with Gasteiger partial charge >= 0.3 is 0 Å². The van der Waals surface area contributed by atoms with Crippen LogP contribution in [-0.2, 0) is 15.5 Å². The van der Waals surface area contributed by atoms with Crippen LogP contribution in [0.5, 0.6) is 0 Å². The first-order valence-corrected chi connectivity index (χ1v) is 8.03. The molecule has 0 aromatic rings. The molecule has 1 saturated carbocycles. The van der Waals surface area contributed by atoms with Crippen LogP contribution in [-0.4, -0.2) is 34.0 Å². The second kappa shape index (κ2) is 5.37. The summed E-state index contributed by atoms with van der Waals surface area (Å²) in [6.07, 6.45) is 5.25. The second-order valence-corrected chi connectivity index (χ2v) is 8.01. The molecular formula is C13H25NO2S. The van der Waals surface area contributed by atoms with Gasteiger partial charge in [-0.1, -0.05) is 20.3 Å². The van der Waals surface area contributed by atoms with Gasteiger partial charge in [0.15, 0.2) is 0 Å². The molecule has 3 atom stereocenters. The molecule has 2 aliphatic rings. The molecule has 2 N–H and O–H groups in total. The maximum Gasteiger partial charge on any atom is 0.0507 e. The third-order valence-corrected chi connectivity index (χ3v) is 6.66. The molecule has 0 spiro atoms. The number of ether oxygens (including phenoxy) is 1. The van der Waals surface area contributed by atoms with Gasteiger partial charge in [-0.2, -0.15) is 0 Å². The van der Waals surface area contributed by atoms with Crippen LogP contribution in [0.4, 0.5) is 0 Å². The first kappa shape index (κ1) is 13.5. The maximum atomic E-state index is 12.6. The molecule has 4 heteroatoms. The van der Waals surface area contributed by atoms with Crippen molar-refractivity contribution in [3.05, 3.63) is 0 Å². The average molecular weight is 259 g/mol. The lowest BCUT2D eigenvalue weighted by atomic mass is 9.73. The Bertz CT molecular complexity index is 287. The smallest absolute Gasteiger partial charge is 0.0507 e. The van der Waals surface area contributed by atoms with Gasteiger partial charge in [0.05, 0.1) is 5.25 Å². The Morgan fingerprint density at radius 1 is 1.24 bits per heavy atom. The normalized spacial score (nSPS) is 36.6. The summed E-state index contributed by atoms with van der Waals surface area (Å²) in [7, 11) is -0.775. The molecule has 17 heavy (non-hydrogen) atoms. The molecule has 0 aromatic carbocycles. The summed E-state index contributed by atoms with van der Waals surface area (Å²) >= 11 is 0. The predicted molar refractivity (Wildman–Crippen MR) is 71.4 cm³/mol. The van der Waals surface area contributed by atoms with Crippen molar-refractivity contribution >= 4 is 10.8 Å². The third-order valence-electron chi connectivity index (χ3n) is 4.41. The first-order chi connectivity index (χ1) is 8.02. The standard InChI is InChI=1S/C13H25NO2S/c1-13(2)7-3-4-11(12(13)14)17(15)10-5-8-16-9-6-10/h10-12H,3-9,14H2,1-2H3. The summed E-state index contributed by atoms with van der Waals surface area (Å²) in [6.45, 7) is 5.96. The monoisotopic (exact) mass is 259 g/mol. The predicted octanol–water partition coefficient (Wildman–Crippen LogP) is 1.82. The second-order valence-electron chi connectivity index (χ2n) is 6.09. The minimum absolute atomic E-state index is 0.0833. The lowest BCUT2D eigenvalue weighted by Gasteiger charge is -2.42. The fraction of sp³-hybridized carbons (Fsp3) is 1.00. The fourth-order valence-corrected chi connectivity index (χ4v) is 5.23. The molecular weight excluding hydrogens is 234 g/mol. The van der Waals surface area contributed by atoms with Gasteiger partial charge in [0.25, 0.3) is 0 Å². The quantitative estimate of drug-likeness (QED) is 0.823. The average Bonchev–Trinajstić information content (AvgIpc) is 2.33. The van der Waals surface area contributed by atoms with E-state index in [4.69, 9.17) is 10.5 Å². The zero-order valence-electron chi connectivity index (χ0n) is 11.0. The molecule has 1 aliphatic carbocycles. The molecule has 1 aliphatic heterocycles.